The predicted molar refractivity (Wildman–Crippen MR) is 46.0 cm³/mol. The van der Waals surface area contributed by atoms with Gasteiger partial charge in [0.15, 0.2) is 0 Å². The van der Waals surface area contributed by atoms with Crippen molar-refractivity contribution in [3.05, 3.63) is 18.6 Å². The van der Waals surface area contributed by atoms with Gasteiger partial charge >= 0.3 is 0 Å². The quantitative estimate of drug-likeness (QED) is 0.593. The van der Waals surface area contributed by atoms with Crippen molar-refractivity contribution in [2.75, 3.05) is 11.6 Å². The van der Waals surface area contributed by atoms with Crippen LogP contribution < -0.4 is 4.90 Å². The minimum absolute atomic E-state index is 0.614. The number of aryl methyl sites for hydroxylation is 1. The lowest BCUT2D eigenvalue weighted by atomic mass is 10.5. The van der Waals surface area contributed by atoms with Crippen molar-refractivity contribution >= 4 is 12.2 Å². The number of allylic oxidation sites excluding steroid dienone is 1. The second-order valence-corrected chi connectivity index (χ2v) is 2.53. The average Bonchev–Trinajstić information content (AvgIpc) is 2.53. The molecule has 5 nitrogen and oxygen atoms in total. The summed E-state index contributed by atoms with van der Waals surface area (Å²) in [5.74, 6) is 0.808. The maximum atomic E-state index is 4.09. The van der Waals surface area contributed by atoms with Crippen LogP contribution in [-0.4, -0.2) is 27.6 Å². The smallest absolute Gasteiger partial charge is 0.232 e. The molecule has 1 aromatic rings. The van der Waals surface area contributed by atoms with Crippen LogP contribution in [0.15, 0.2) is 23.6 Å². The Hall–Kier alpha value is -1.65. The molecule has 5 heteroatoms. The number of aliphatic imine (C=N–C) groups is 1. The van der Waals surface area contributed by atoms with Crippen LogP contribution in [0.25, 0.3) is 0 Å². The lowest BCUT2D eigenvalue weighted by Gasteiger charge is -2.17. The second-order valence-electron chi connectivity index (χ2n) is 2.53. The van der Waals surface area contributed by atoms with Gasteiger partial charge in [0.05, 0.1) is 0 Å². The third-order valence-electron chi connectivity index (χ3n) is 1.64. The van der Waals surface area contributed by atoms with Crippen LogP contribution in [0, 0.1) is 0 Å². The highest BCUT2D eigenvalue weighted by Crippen LogP contribution is 2.09. The minimum Gasteiger partial charge on any atom is -0.303 e. The Balaban J connectivity index is 2.26. The zero-order valence-electron chi connectivity index (χ0n) is 6.75. The van der Waals surface area contributed by atoms with E-state index in [2.05, 4.69) is 15.2 Å². The maximum absolute atomic E-state index is 4.09. The molecule has 2 heterocycles. The normalized spacial score (nSPS) is 15.6. The van der Waals surface area contributed by atoms with Crippen molar-refractivity contribution in [2.24, 2.45) is 12.0 Å². The van der Waals surface area contributed by atoms with E-state index in [1.807, 2.05) is 28.8 Å². The van der Waals surface area contributed by atoms with Gasteiger partial charge in [0.2, 0.25) is 5.95 Å². The van der Waals surface area contributed by atoms with Gasteiger partial charge < -0.3 is 4.57 Å². The van der Waals surface area contributed by atoms with Gasteiger partial charge in [-0.1, -0.05) is 0 Å². The van der Waals surface area contributed by atoms with Crippen molar-refractivity contribution in [3.63, 3.8) is 0 Å². The Labute approximate surface area is 70.0 Å². The fourth-order valence-corrected chi connectivity index (χ4v) is 1.05. The highest BCUT2D eigenvalue weighted by molar-refractivity contribution is 5.73. The molecule has 2 rings (SSSR count). The first-order chi connectivity index (χ1) is 5.88. The van der Waals surface area contributed by atoms with Gasteiger partial charge in [0.1, 0.15) is 13.0 Å². The molecule has 0 N–H and O–H groups in total. The lowest BCUT2D eigenvalue weighted by Crippen LogP contribution is -2.21. The summed E-state index contributed by atoms with van der Waals surface area (Å²) in [6, 6.07) is 0. The van der Waals surface area contributed by atoms with Crippen LogP contribution >= 0.6 is 0 Å². The van der Waals surface area contributed by atoms with Crippen molar-refractivity contribution in [1.82, 2.24) is 14.8 Å². The molecule has 0 fully saturated rings. The van der Waals surface area contributed by atoms with Gasteiger partial charge in [-0.25, -0.2) is 0 Å². The molecule has 0 aliphatic carbocycles. The average molecular weight is 163 g/mol. The maximum Gasteiger partial charge on any atom is 0.232 e. The summed E-state index contributed by atoms with van der Waals surface area (Å²) in [7, 11) is 1.90. The summed E-state index contributed by atoms with van der Waals surface area (Å²) in [5, 5.41) is 7.74. The van der Waals surface area contributed by atoms with E-state index >= 15 is 0 Å². The van der Waals surface area contributed by atoms with Crippen LogP contribution in [0.2, 0.25) is 0 Å². The molecule has 0 radical (unpaired) electrons. The van der Waals surface area contributed by atoms with Crippen LogP contribution in [0.5, 0.6) is 0 Å². The zero-order chi connectivity index (χ0) is 8.39. The Bertz CT molecular complexity index is 324. The molecule has 0 unspecified atom stereocenters. The Morgan fingerprint density at radius 1 is 1.50 bits per heavy atom. The molecule has 0 bridgehead atoms. The standard InChI is InChI=1S/C7H9N5/c1-11-6-9-10-7(11)12-4-2-3-8-5-12/h2-4,6H,5H2,1H3. The summed E-state index contributed by atoms with van der Waals surface area (Å²) < 4.78 is 1.85. The summed E-state index contributed by atoms with van der Waals surface area (Å²) >= 11 is 0. The molecule has 1 aliphatic heterocycles. The Morgan fingerprint density at radius 3 is 3.00 bits per heavy atom. The first-order valence-electron chi connectivity index (χ1n) is 3.65. The second kappa shape index (κ2) is 2.77. The Morgan fingerprint density at radius 2 is 2.42 bits per heavy atom. The Kier molecular flexibility index (Phi) is 1.62. The van der Waals surface area contributed by atoms with Crippen LogP contribution in [-0.2, 0) is 7.05 Å². The number of aromatic nitrogens is 3. The van der Waals surface area contributed by atoms with Crippen LogP contribution in [0.3, 0.4) is 0 Å². The molecule has 0 spiro atoms. The highest BCUT2D eigenvalue weighted by atomic mass is 15.4. The molecular formula is C7H9N5. The molecule has 0 aromatic carbocycles. The number of hydrogen-bond acceptors (Lipinski definition) is 4. The zero-order valence-corrected chi connectivity index (χ0v) is 6.75. The fraction of sp³-hybridized carbons (Fsp3) is 0.286. The highest BCUT2D eigenvalue weighted by Gasteiger charge is 2.08. The van der Waals surface area contributed by atoms with E-state index in [0.29, 0.717) is 6.67 Å². The third-order valence-corrected chi connectivity index (χ3v) is 1.64. The van der Waals surface area contributed by atoms with Gasteiger partial charge in [-0.2, -0.15) is 0 Å². The number of rotatable bonds is 1. The first kappa shape index (κ1) is 7.02. The topological polar surface area (TPSA) is 46.3 Å². The third kappa shape index (κ3) is 1.09. The summed E-state index contributed by atoms with van der Waals surface area (Å²) in [4.78, 5) is 6.01. The van der Waals surface area contributed by atoms with Crippen molar-refractivity contribution in [1.29, 1.82) is 0 Å². The summed E-state index contributed by atoms with van der Waals surface area (Å²) in [5.41, 5.74) is 0. The van der Waals surface area contributed by atoms with E-state index in [0.717, 1.165) is 5.95 Å². The van der Waals surface area contributed by atoms with Gasteiger partial charge in [-0.3, -0.25) is 9.89 Å². The van der Waals surface area contributed by atoms with E-state index in [1.165, 1.54) is 0 Å². The van der Waals surface area contributed by atoms with E-state index < -0.39 is 0 Å². The molecule has 0 atom stereocenters. The van der Waals surface area contributed by atoms with Crippen LogP contribution in [0.1, 0.15) is 0 Å². The van der Waals surface area contributed by atoms with Crippen LogP contribution in [0.4, 0.5) is 5.95 Å². The van der Waals surface area contributed by atoms with Gasteiger partial charge in [-0.15, -0.1) is 10.2 Å². The van der Waals surface area contributed by atoms with E-state index in [1.54, 1.807) is 12.5 Å². The monoisotopic (exact) mass is 163 g/mol. The summed E-state index contributed by atoms with van der Waals surface area (Å²) in [6.07, 6.45) is 7.24. The van der Waals surface area contributed by atoms with Gasteiger partial charge in [-0.05, 0) is 6.08 Å². The number of anilines is 1. The molecule has 12 heavy (non-hydrogen) atoms. The SMILES string of the molecule is Cn1cnnc1N1C=CC=NC1. The van der Waals surface area contributed by atoms with Gasteiger partial charge in [0, 0.05) is 19.5 Å². The van der Waals surface area contributed by atoms with E-state index in [-0.39, 0.29) is 0 Å². The van der Waals surface area contributed by atoms with E-state index in [9.17, 15) is 0 Å². The molecule has 1 aliphatic rings. The molecular weight excluding hydrogens is 154 g/mol. The minimum atomic E-state index is 0.614. The molecule has 1 aromatic heterocycles. The molecule has 0 amide bonds. The van der Waals surface area contributed by atoms with Crippen molar-refractivity contribution in [2.45, 2.75) is 0 Å². The van der Waals surface area contributed by atoms with Gasteiger partial charge in [0.25, 0.3) is 0 Å². The fourth-order valence-electron chi connectivity index (χ4n) is 1.05. The largest absolute Gasteiger partial charge is 0.303 e. The molecule has 0 saturated heterocycles. The van der Waals surface area contributed by atoms with E-state index in [4.69, 9.17) is 0 Å². The molecule has 62 valence electrons. The first-order valence-corrected chi connectivity index (χ1v) is 3.65. The predicted octanol–water partition coefficient (Wildman–Crippen LogP) is 0.177. The van der Waals surface area contributed by atoms with Crippen molar-refractivity contribution < 1.29 is 0 Å². The summed E-state index contributed by atoms with van der Waals surface area (Å²) in [6.45, 7) is 0.614. The number of nitrogens with zero attached hydrogens (tertiary/aromatic N) is 5. The lowest BCUT2D eigenvalue weighted by molar-refractivity contribution is 0.834. The van der Waals surface area contributed by atoms with Crippen molar-refractivity contribution in [3.8, 4) is 0 Å². The molecule has 0 saturated carbocycles. The number of hydrogen-bond donors (Lipinski definition) is 0.